The number of esters is 2. The third kappa shape index (κ3) is 4.43. The first-order valence-electron chi connectivity index (χ1n) is 8.62. The molecular formula is C18H22BrNO7. The molecule has 1 aromatic carbocycles. The highest BCUT2D eigenvalue weighted by Gasteiger charge is 2.41. The Balaban J connectivity index is 1.74. The first-order chi connectivity index (χ1) is 13.0. The summed E-state index contributed by atoms with van der Waals surface area (Å²) in [5.74, 6) is -1.37. The normalized spacial score (nSPS) is 21.1. The van der Waals surface area contributed by atoms with E-state index in [0.29, 0.717) is 36.5 Å². The summed E-state index contributed by atoms with van der Waals surface area (Å²) in [4.78, 5) is 24.0. The van der Waals surface area contributed by atoms with Crippen molar-refractivity contribution in [3.63, 3.8) is 0 Å². The molecule has 2 fully saturated rings. The maximum Gasteiger partial charge on any atom is 0.338 e. The van der Waals surface area contributed by atoms with Crippen LogP contribution in [0.25, 0.3) is 0 Å². The second kappa shape index (κ2) is 8.55. The van der Waals surface area contributed by atoms with Gasteiger partial charge in [-0.05, 0) is 28.1 Å². The molecule has 1 spiro atoms. The van der Waals surface area contributed by atoms with Crippen LogP contribution in [-0.2, 0) is 18.9 Å². The van der Waals surface area contributed by atoms with Crippen molar-refractivity contribution >= 4 is 27.9 Å². The second-order valence-corrected chi connectivity index (χ2v) is 7.19. The standard InChI is InChI=1S/C18H22BrNO7/c1-23-16(21)12-7-14(19)15(8-13(12)17(22)24-2)25-10-11-9-18(3-4-20-11)26-5-6-27-18/h7-8,11,20H,3-6,9-10H2,1-2H3/t11-/m1/s1. The van der Waals surface area contributed by atoms with E-state index in [1.807, 2.05) is 0 Å². The van der Waals surface area contributed by atoms with Gasteiger partial charge in [0, 0.05) is 25.4 Å². The van der Waals surface area contributed by atoms with Gasteiger partial charge in [-0.2, -0.15) is 0 Å². The maximum absolute atomic E-state index is 12.0. The molecule has 3 rings (SSSR count). The van der Waals surface area contributed by atoms with Crippen molar-refractivity contribution in [3.8, 4) is 5.75 Å². The molecule has 8 nitrogen and oxygen atoms in total. The van der Waals surface area contributed by atoms with Gasteiger partial charge in [-0.1, -0.05) is 0 Å². The summed E-state index contributed by atoms with van der Waals surface area (Å²) in [5.41, 5.74) is 0.184. The van der Waals surface area contributed by atoms with E-state index in [1.165, 1.54) is 26.4 Å². The molecule has 9 heteroatoms. The Morgan fingerprint density at radius 1 is 1.19 bits per heavy atom. The van der Waals surface area contributed by atoms with E-state index in [2.05, 4.69) is 21.2 Å². The molecule has 0 radical (unpaired) electrons. The zero-order chi connectivity index (χ0) is 19.4. The zero-order valence-corrected chi connectivity index (χ0v) is 16.8. The minimum atomic E-state index is -0.643. The number of ether oxygens (including phenoxy) is 5. The van der Waals surface area contributed by atoms with Crippen LogP contribution in [0.15, 0.2) is 16.6 Å². The van der Waals surface area contributed by atoms with Crippen molar-refractivity contribution in [2.45, 2.75) is 24.7 Å². The summed E-state index contributed by atoms with van der Waals surface area (Å²) in [6.45, 7) is 2.34. The Hall–Kier alpha value is -1.68. The van der Waals surface area contributed by atoms with E-state index < -0.39 is 17.7 Å². The van der Waals surface area contributed by atoms with Crippen molar-refractivity contribution in [3.05, 3.63) is 27.7 Å². The smallest absolute Gasteiger partial charge is 0.338 e. The molecule has 27 heavy (non-hydrogen) atoms. The van der Waals surface area contributed by atoms with Crippen LogP contribution in [0.4, 0.5) is 0 Å². The molecule has 0 saturated carbocycles. The average Bonchev–Trinajstić information content (AvgIpc) is 3.12. The molecule has 2 saturated heterocycles. The molecule has 0 bridgehead atoms. The van der Waals surface area contributed by atoms with Crippen LogP contribution in [0.5, 0.6) is 5.75 Å². The van der Waals surface area contributed by atoms with Crippen LogP contribution in [0.3, 0.4) is 0 Å². The van der Waals surface area contributed by atoms with Crippen LogP contribution in [-0.4, -0.2) is 64.4 Å². The van der Waals surface area contributed by atoms with Gasteiger partial charge >= 0.3 is 11.9 Å². The van der Waals surface area contributed by atoms with Crippen LogP contribution in [0.1, 0.15) is 33.6 Å². The fourth-order valence-corrected chi connectivity index (χ4v) is 3.76. The maximum atomic E-state index is 12.0. The summed E-state index contributed by atoms with van der Waals surface area (Å²) in [7, 11) is 2.50. The number of methoxy groups -OCH3 is 2. The Morgan fingerprint density at radius 2 is 1.81 bits per heavy atom. The van der Waals surface area contributed by atoms with Crippen molar-refractivity contribution in [1.29, 1.82) is 0 Å². The molecule has 1 atom stereocenters. The lowest BCUT2D eigenvalue weighted by atomic mass is 9.98. The Morgan fingerprint density at radius 3 is 2.44 bits per heavy atom. The fraction of sp³-hybridized carbons (Fsp3) is 0.556. The largest absolute Gasteiger partial charge is 0.491 e. The number of carbonyl (C=O) groups is 2. The predicted molar refractivity (Wildman–Crippen MR) is 98.0 cm³/mol. The molecule has 0 unspecified atom stereocenters. The van der Waals surface area contributed by atoms with Crippen LogP contribution >= 0.6 is 15.9 Å². The third-order valence-corrected chi connectivity index (χ3v) is 5.25. The van der Waals surface area contributed by atoms with Gasteiger partial charge in [-0.25, -0.2) is 9.59 Å². The number of piperidine rings is 1. The molecule has 2 heterocycles. The Labute approximate surface area is 165 Å². The van der Waals surface area contributed by atoms with Gasteiger partial charge in [0.1, 0.15) is 12.4 Å². The first-order valence-corrected chi connectivity index (χ1v) is 9.41. The van der Waals surface area contributed by atoms with Crippen molar-refractivity contribution in [2.75, 3.05) is 40.6 Å². The molecule has 1 N–H and O–H groups in total. The van der Waals surface area contributed by atoms with Crippen molar-refractivity contribution in [1.82, 2.24) is 5.32 Å². The second-order valence-electron chi connectivity index (χ2n) is 6.34. The van der Waals surface area contributed by atoms with Gasteiger partial charge in [0.05, 0.1) is 43.0 Å². The zero-order valence-electron chi connectivity index (χ0n) is 15.2. The lowest BCUT2D eigenvalue weighted by molar-refractivity contribution is -0.181. The highest BCUT2D eigenvalue weighted by Crippen LogP contribution is 2.33. The molecule has 0 aromatic heterocycles. The van der Waals surface area contributed by atoms with E-state index in [4.69, 9.17) is 23.7 Å². The number of hydrogen-bond acceptors (Lipinski definition) is 8. The van der Waals surface area contributed by atoms with Gasteiger partial charge < -0.3 is 29.0 Å². The molecule has 0 amide bonds. The number of benzene rings is 1. The number of hydrogen-bond donors (Lipinski definition) is 1. The summed E-state index contributed by atoms with van der Waals surface area (Å²) in [6, 6.07) is 3.00. The topological polar surface area (TPSA) is 92.3 Å². The van der Waals surface area contributed by atoms with Gasteiger partial charge in [-0.3, -0.25) is 0 Å². The van der Waals surface area contributed by atoms with Gasteiger partial charge in [0.25, 0.3) is 0 Å². The summed E-state index contributed by atoms with van der Waals surface area (Å²) in [6.07, 6.45) is 1.47. The lowest BCUT2D eigenvalue weighted by Gasteiger charge is -2.36. The Kier molecular flexibility index (Phi) is 6.36. The minimum Gasteiger partial charge on any atom is -0.491 e. The molecule has 1 aromatic rings. The minimum absolute atomic E-state index is 0.0330. The monoisotopic (exact) mass is 443 g/mol. The SMILES string of the molecule is COC(=O)c1cc(Br)c(OC[C@H]2CC3(CCN2)OCCO3)cc1C(=O)OC. The van der Waals surface area contributed by atoms with E-state index in [9.17, 15) is 9.59 Å². The molecule has 148 valence electrons. The highest BCUT2D eigenvalue weighted by molar-refractivity contribution is 9.10. The number of carbonyl (C=O) groups excluding carboxylic acids is 2. The van der Waals surface area contributed by atoms with Crippen LogP contribution in [0.2, 0.25) is 0 Å². The summed E-state index contributed by atoms with van der Waals surface area (Å²) in [5, 5.41) is 3.38. The molecule has 2 aliphatic heterocycles. The number of rotatable bonds is 5. The van der Waals surface area contributed by atoms with Crippen LogP contribution < -0.4 is 10.1 Å². The molecule has 0 aliphatic carbocycles. The third-order valence-electron chi connectivity index (χ3n) is 4.63. The van der Waals surface area contributed by atoms with Gasteiger partial charge in [-0.15, -0.1) is 0 Å². The Bertz CT molecular complexity index is 718. The average molecular weight is 444 g/mol. The van der Waals surface area contributed by atoms with E-state index in [1.54, 1.807) is 0 Å². The van der Waals surface area contributed by atoms with E-state index >= 15 is 0 Å². The molecular weight excluding hydrogens is 422 g/mol. The quantitative estimate of drug-likeness (QED) is 0.689. The highest BCUT2D eigenvalue weighted by atomic mass is 79.9. The molecule has 2 aliphatic rings. The van der Waals surface area contributed by atoms with Crippen molar-refractivity contribution in [2.24, 2.45) is 0 Å². The predicted octanol–water partition coefficient (Wildman–Crippen LogP) is 1.90. The van der Waals surface area contributed by atoms with E-state index in [0.717, 1.165) is 13.0 Å². The lowest BCUT2D eigenvalue weighted by Crippen LogP contribution is -2.51. The summed E-state index contributed by atoms with van der Waals surface area (Å²) < 4.78 is 27.5. The number of halogens is 1. The van der Waals surface area contributed by atoms with Crippen molar-refractivity contribution < 1.29 is 33.3 Å². The van der Waals surface area contributed by atoms with Crippen LogP contribution in [0, 0.1) is 0 Å². The first kappa shape index (κ1) is 20.1. The fourth-order valence-electron chi connectivity index (χ4n) is 3.31. The summed E-state index contributed by atoms with van der Waals surface area (Å²) >= 11 is 3.38. The number of nitrogens with one attached hydrogen (secondary N) is 1. The van der Waals surface area contributed by atoms with Gasteiger partial charge in [0.2, 0.25) is 0 Å². The van der Waals surface area contributed by atoms with Gasteiger partial charge in [0.15, 0.2) is 5.79 Å². The van der Waals surface area contributed by atoms with E-state index in [-0.39, 0.29) is 17.2 Å².